The van der Waals surface area contributed by atoms with Crippen molar-refractivity contribution in [2.45, 2.75) is 32.4 Å². The van der Waals surface area contributed by atoms with E-state index in [-0.39, 0.29) is 18.7 Å². The highest BCUT2D eigenvalue weighted by molar-refractivity contribution is 4.87. The molecule has 0 saturated carbocycles. The van der Waals surface area contributed by atoms with Crippen LogP contribution in [-0.4, -0.2) is 23.8 Å². The number of nitriles is 1. The van der Waals surface area contributed by atoms with Gasteiger partial charge in [-0.2, -0.15) is 5.26 Å². The second kappa shape index (κ2) is 5.21. The minimum Gasteiger partial charge on any atom is -0.395 e. The second-order valence-corrected chi connectivity index (χ2v) is 2.31. The van der Waals surface area contributed by atoms with Crippen molar-refractivity contribution in [2.75, 3.05) is 6.61 Å². The molecule has 0 bridgehead atoms. The highest BCUT2D eigenvalue weighted by atomic mass is 16.3. The molecule has 3 nitrogen and oxygen atoms in total. The normalized spacial score (nSPS) is 15.8. The number of hydrogen-bond acceptors (Lipinski definition) is 3. The van der Waals surface area contributed by atoms with Crippen molar-refractivity contribution in [1.82, 2.24) is 5.32 Å². The van der Waals surface area contributed by atoms with Crippen LogP contribution in [0.1, 0.15) is 20.3 Å². The smallest absolute Gasteiger partial charge is 0.0927 e. The summed E-state index contributed by atoms with van der Waals surface area (Å²) in [4.78, 5) is 0. The molecule has 0 rings (SSSR count). The molecule has 0 aromatic carbocycles. The van der Waals surface area contributed by atoms with E-state index in [1.54, 1.807) is 6.92 Å². The Labute approximate surface area is 61.7 Å². The number of hydrogen-bond donors (Lipinski definition) is 2. The Morgan fingerprint density at radius 1 is 1.70 bits per heavy atom. The van der Waals surface area contributed by atoms with Crippen LogP contribution in [0.2, 0.25) is 0 Å². The van der Waals surface area contributed by atoms with E-state index >= 15 is 0 Å². The molecular formula is C7H14N2O. The van der Waals surface area contributed by atoms with Crippen LogP contribution in [0.15, 0.2) is 0 Å². The Morgan fingerprint density at radius 3 is 2.60 bits per heavy atom. The molecule has 2 atom stereocenters. The second-order valence-electron chi connectivity index (χ2n) is 2.31. The molecule has 10 heavy (non-hydrogen) atoms. The monoisotopic (exact) mass is 142 g/mol. The van der Waals surface area contributed by atoms with Crippen LogP contribution in [0.4, 0.5) is 0 Å². The lowest BCUT2D eigenvalue weighted by Gasteiger charge is -2.14. The van der Waals surface area contributed by atoms with Crippen molar-refractivity contribution in [1.29, 1.82) is 5.26 Å². The van der Waals surface area contributed by atoms with Crippen molar-refractivity contribution in [2.24, 2.45) is 0 Å². The first kappa shape index (κ1) is 9.41. The summed E-state index contributed by atoms with van der Waals surface area (Å²) in [5.41, 5.74) is 0. The van der Waals surface area contributed by atoms with Gasteiger partial charge in [0, 0.05) is 6.04 Å². The molecule has 0 spiro atoms. The Morgan fingerprint density at radius 2 is 2.30 bits per heavy atom. The molecule has 0 aliphatic heterocycles. The first-order chi connectivity index (χ1) is 4.74. The maximum absolute atomic E-state index is 8.70. The van der Waals surface area contributed by atoms with Crippen LogP contribution in [0.5, 0.6) is 0 Å². The van der Waals surface area contributed by atoms with Gasteiger partial charge in [0.1, 0.15) is 0 Å². The fourth-order valence-electron chi connectivity index (χ4n) is 0.690. The van der Waals surface area contributed by atoms with Crippen LogP contribution in [0, 0.1) is 11.3 Å². The molecule has 0 aromatic heterocycles. The third kappa shape index (κ3) is 3.44. The number of nitrogens with one attached hydrogen (secondary N) is 1. The molecular weight excluding hydrogens is 128 g/mol. The predicted octanol–water partition coefficient (Wildman–Crippen LogP) is 0.259. The standard InChI is InChI=1S/C7H14N2O/c1-3-7(5-10)9-6(2)4-8/h6-7,9-10H,3,5H2,1-2H3. The molecule has 2 unspecified atom stereocenters. The molecule has 2 N–H and O–H groups in total. The van der Waals surface area contributed by atoms with E-state index in [4.69, 9.17) is 10.4 Å². The zero-order valence-corrected chi connectivity index (χ0v) is 6.46. The fraction of sp³-hybridized carbons (Fsp3) is 0.857. The molecule has 3 heteroatoms. The molecule has 0 aromatic rings. The van der Waals surface area contributed by atoms with Crippen LogP contribution in [-0.2, 0) is 0 Å². The van der Waals surface area contributed by atoms with Gasteiger partial charge in [0.25, 0.3) is 0 Å². The summed E-state index contributed by atoms with van der Waals surface area (Å²) in [6.45, 7) is 3.85. The van der Waals surface area contributed by atoms with E-state index in [1.807, 2.05) is 13.0 Å². The summed E-state index contributed by atoms with van der Waals surface area (Å²) < 4.78 is 0. The van der Waals surface area contributed by atoms with Crippen molar-refractivity contribution in [3.8, 4) is 6.07 Å². The van der Waals surface area contributed by atoms with E-state index in [0.29, 0.717) is 0 Å². The van der Waals surface area contributed by atoms with E-state index in [9.17, 15) is 0 Å². The summed E-state index contributed by atoms with van der Waals surface area (Å²) in [5, 5.41) is 20.0. The maximum atomic E-state index is 8.70. The first-order valence-electron chi connectivity index (χ1n) is 3.51. The summed E-state index contributed by atoms with van der Waals surface area (Å²) in [6, 6.07) is 1.94. The Bertz CT molecular complexity index is 115. The first-order valence-corrected chi connectivity index (χ1v) is 3.51. The van der Waals surface area contributed by atoms with Crippen molar-refractivity contribution < 1.29 is 5.11 Å². The van der Waals surface area contributed by atoms with Crippen LogP contribution in [0.3, 0.4) is 0 Å². The van der Waals surface area contributed by atoms with Gasteiger partial charge in [0.05, 0.1) is 18.7 Å². The topological polar surface area (TPSA) is 56.0 Å². The average molecular weight is 142 g/mol. The van der Waals surface area contributed by atoms with Gasteiger partial charge in [-0.3, -0.25) is 5.32 Å². The van der Waals surface area contributed by atoms with Gasteiger partial charge in [0.2, 0.25) is 0 Å². The van der Waals surface area contributed by atoms with Crippen LogP contribution < -0.4 is 5.32 Å². The van der Waals surface area contributed by atoms with E-state index in [2.05, 4.69) is 5.32 Å². The number of nitrogens with zero attached hydrogens (tertiary/aromatic N) is 1. The van der Waals surface area contributed by atoms with E-state index in [0.717, 1.165) is 6.42 Å². The third-order valence-electron chi connectivity index (χ3n) is 1.39. The zero-order chi connectivity index (χ0) is 7.98. The quantitative estimate of drug-likeness (QED) is 0.592. The van der Waals surface area contributed by atoms with Gasteiger partial charge in [-0.1, -0.05) is 6.92 Å². The molecule has 0 amide bonds. The van der Waals surface area contributed by atoms with E-state index < -0.39 is 0 Å². The Balaban J connectivity index is 3.54. The number of rotatable bonds is 4. The van der Waals surface area contributed by atoms with Crippen molar-refractivity contribution >= 4 is 0 Å². The maximum Gasteiger partial charge on any atom is 0.0927 e. The predicted molar refractivity (Wildman–Crippen MR) is 39.4 cm³/mol. The molecule has 0 radical (unpaired) electrons. The van der Waals surface area contributed by atoms with Crippen LogP contribution in [0.25, 0.3) is 0 Å². The molecule has 0 aliphatic rings. The lowest BCUT2D eigenvalue weighted by atomic mass is 10.2. The molecule has 0 heterocycles. The van der Waals surface area contributed by atoms with Gasteiger partial charge < -0.3 is 5.11 Å². The minimum atomic E-state index is -0.169. The summed E-state index contributed by atoms with van der Waals surface area (Å²) in [5.74, 6) is 0. The molecule has 0 fully saturated rings. The Kier molecular flexibility index (Phi) is 4.91. The largest absolute Gasteiger partial charge is 0.395 e. The summed E-state index contributed by atoms with van der Waals surface area (Å²) >= 11 is 0. The van der Waals surface area contributed by atoms with Crippen molar-refractivity contribution in [3.63, 3.8) is 0 Å². The summed E-state index contributed by atoms with van der Waals surface area (Å²) in [6.07, 6.45) is 0.850. The average Bonchev–Trinajstić information content (AvgIpc) is 1.99. The highest BCUT2D eigenvalue weighted by Crippen LogP contribution is 1.90. The number of aliphatic hydroxyl groups is 1. The van der Waals surface area contributed by atoms with Gasteiger partial charge in [-0.15, -0.1) is 0 Å². The van der Waals surface area contributed by atoms with Gasteiger partial charge in [-0.05, 0) is 13.3 Å². The van der Waals surface area contributed by atoms with E-state index in [1.165, 1.54) is 0 Å². The lowest BCUT2D eigenvalue weighted by molar-refractivity contribution is 0.235. The highest BCUT2D eigenvalue weighted by Gasteiger charge is 2.06. The van der Waals surface area contributed by atoms with Crippen LogP contribution >= 0.6 is 0 Å². The van der Waals surface area contributed by atoms with Gasteiger partial charge in [-0.25, -0.2) is 0 Å². The Hall–Kier alpha value is -0.590. The number of aliphatic hydroxyl groups excluding tert-OH is 1. The SMILES string of the molecule is CCC(CO)NC(C)C#N. The molecule has 0 aliphatic carbocycles. The van der Waals surface area contributed by atoms with Crippen molar-refractivity contribution in [3.05, 3.63) is 0 Å². The zero-order valence-electron chi connectivity index (χ0n) is 6.46. The fourth-order valence-corrected chi connectivity index (χ4v) is 0.690. The lowest BCUT2D eigenvalue weighted by Crippen LogP contribution is -2.37. The summed E-state index contributed by atoms with van der Waals surface area (Å²) in [7, 11) is 0. The minimum absolute atomic E-state index is 0.0645. The van der Waals surface area contributed by atoms with Gasteiger partial charge >= 0.3 is 0 Å². The molecule has 58 valence electrons. The van der Waals surface area contributed by atoms with Gasteiger partial charge in [0.15, 0.2) is 0 Å². The molecule has 0 saturated heterocycles. The third-order valence-corrected chi connectivity index (χ3v) is 1.39.